The van der Waals surface area contributed by atoms with Crippen LogP contribution in [0, 0.1) is 0 Å². The summed E-state index contributed by atoms with van der Waals surface area (Å²) < 4.78 is 7.90. The Morgan fingerprint density at radius 3 is 2.60 bits per heavy atom. The summed E-state index contributed by atoms with van der Waals surface area (Å²) in [5.74, 6) is 0.922. The first-order valence-corrected chi connectivity index (χ1v) is 5.65. The van der Waals surface area contributed by atoms with Gasteiger partial charge in [-0.1, -0.05) is 18.2 Å². The number of thiophene rings is 1. The fourth-order valence-corrected chi connectivity index (χ4v) is 2.92. The summed E-state index contributed by atoms with van der Waals surface area (Å²) in [6.45, 7) is 0. The molecule has 0 radical (unpaired) electrons. The van der Waals surface area contributed by atoms with Crippen molar-refractivity contribution < 1.29 is 4.74 Å². The van der Waals surface area contributed by atoms with Crippen LogP contribution in [0.5, 0.6) is 5.75 Å². The molecule has 3 rings (SSSR count). The first kappa shape index (κ1) is 8.74. The predicted octanol–water partition coefficient (Wildman–Crippen LogP) is 4.06. The molecular weight excluding hydrogens is 204 g/mol. The minimum atomic E-state index is 0.922. The maximum Gasteiger partial charge on any atom is 0.119 e. The van der Waals surface area contributed by atoms with Crippen molar-refractivity contribution in [3.05, 3.63) is 42.5 Å². The molecule has 3 aromatic rings. The Hall–Kier alpha value is -1.54. The van der Waals surface area contributed by atoms with E-state index in [4.69, 9.17) is 4.74 Å². The number of benzene rings is 2. The molecule has 0 fully saturated rings. The van der Waals surface area contributed by atoms with Crippen LogP contribution in [-0.4, -0.2) is 7.11 Å². The molecule has 0 saturated carbocycles. The molecule has 2 heteroatoms. The summed E-state index contributed by atoms with van der Waals surface area (Å²) >= 11 is 1.83. The zero-order valence-corrected chi connectivity index (χ0v) is 9.17. The van der Waals surface area contributed by atoms with Crippen molar-refractivity contribution in [2.75, 3.05) is 7.11 Å². The van der Waals surface area contributed by atoms with Crippen molar-refractivity contribution in [2.24, 2.45) is 0 Å². The molecule has 2 aromatic carbocycles. The van der Waals surface area contributed by atoms with E-state index in [2.05, 4.69) is 36.4 Å². The molecule has 0 atom stereocenters. The van der Waals surface area contributed by atoms with Gasteiger partial charge >= 0.3 is 0 Å². The van der Waals surface area contributed by atoms with Crippen LogP contribution in [0.2, 0.25) is 0 Å². The molecule has 1 heterocycles. The largest absolute Gasteiger partial charge is 0.497 e. The summed E-state index contributed by atoms with van der Waals surface area (Å²) in [6, 6.07) is 14.7. The zero-order chi connectivity index (χ0) is 10.3. The smallest absolute Gasteiger partial charge is 0.119 e. The number of hydrogen-bond acceptors (Lipinski definition) is 2. The van der Waals surface area contributed by atoms with Gasteiger partial charge in [0.2, 0.25) is 0 Å². The SMILES string of the molecule is COc1ccc2sc3ccccc3c2c1. The average Bonchev–Trinajstić information content (AvgIpc) is 2.66. The van der Waals surface area contributed by atoms with E-state index in [1.807, 2.05) is 17.4 Å². The third-order valence-corrected chi connectivity index (χ3v) is 3.74. The van der Waals surface area contributed by atoms with Crippen molar-refractivity contribution >= 4 is 31.5 Å². The lowest BCUT2D eigenvalue weighted by molar-refractivity contribution is 0.415. The Balaban J connectivity index is 2.46. The Labute approximate surface area is 91.9 Å². The molecule has 0 N–H and O–H groups in total. The predicted molar refractivity (Wildman–Crippen MR) is 65.9 cm³/mol. The second-order valence-corrected chi connectivity index (χ2v) is 4.54. The van der Waals surface area contributed by atoms with Gasteiger partial charge in [-0.3, -0.25) is 0 Å². The van der Waals surface area contributed by atoms with Crippen LogP contribution in [0.3, 0.4) is 0 Å². The molecule has 15 heavy (non-hydrogen) atoms. The van der Waals surface area contributed by atoms with Crippen LogP contribution >= 0.6 is 11.3 Å². The van der Waals surface area contributed by atoms with Gasteiger partial charge in [-0.2, -0.15) is 0 Å². The van der Waals surface area contributed by atoms with Crippen molar-refractivity contribution in [2.45, 2.75) is 0 Å². The van der Waals surface area contributed by atoms with Crippen LogP contribution in [0.1, 0.15) is 0 Å². The van der Waals surface area contributed by atoms with Gasteiger partial charge in [-0.15, -0.1) is 11.3 Å². The molecule has 1 nitrogen and oxygen atoms in total. The first-order chi connectivity index (χ1) is 7.38. The number of ether oxygens (including phenoxy) is 1. The molecule has 74 valence electrons. The van der Waals surface area contributed by atoms with Gasteiger partial charge in [0, 0.05) is 20.2 Å². The highest BCUT2D eigenvalue weighted by Crippen LogP contribution is 2.35. The van der Waals surface area contributed by atoms with E-state index < -0.39 is 0 Å². The first-order valence-electron chi connectivity index (χ1n) is 4.84. The minimum Gasteiger partial charge on any atom is -0.497 e. The van der Waals surface area contributed by atoms with Crippen molar-refractivity contribution in [1.82, 2.24) is 0 Å². The lowest BCUT2D eigenvalue weighted by Crippen LogP contribution is -1.80. The lowest BCUT2D eigenvalue weighted by atomic mass is 10.1. The minimum absolute atomic E-state index is 0.922. The zero-order valence-electron chi connectivity index (χ0n) is 8.36. The van der Waals surface area contributed by atoms with Gasteiger partial charge in [0.1, 0.15) is 5.75 Å². The monoisotopic (exact) mass is 214 g/mol. The van der Waals surface area contributed by atoms with Crippen LogP contribution in [0.15, 0.2) is 42.5 Å². The highest BCUT2D eigenvalue weighted by molar-refractivity contribution is 7.25. The number of hydrogen-bond donors (Lipinski definition) is 0. The summed E-state index contributed by atoms with van der Waals surface area (Å²) in [5, 5.41) is 2.60. The standard InChI is InChI=1S/C13H10OS/c1-14-9-6-7-13-11(8-9)10-4-2-3-5-12(10)15-13/h2-8H,1H3. The summed E-state index contributed by atoms with van der Waals surface area (Å²) in [5.41, 5.74) is 0. The summed E-state index contributed by atoms with van der Waals surface area (Å²) in [6.07, 6.45) is 0. The number of methoxy groups -OCH3 is 1. The molecule has 0 bridgehead atoms. The second kappa shape index (κ2) is 3.24. The van der Waals surface area contributed by atoms with Gasteiger partial charge in [0.25, 0.3) is 0 Å². The molecule has 0 aliphatic rings. The lowest BCUT2D eigenvalue weighted by Gasteiger charge is -1.98. The van der Waals surface area contributed by atoms with E-state index in [1.165, 1.54) is 20.2 Å². The van der Waals surface area contributed by atoms with Crippen LogP contribution in [-0.2, 0) is 0 Å². The van der Waals surface area contributed by atoms with E-state index in [0.29, 0.717) is 0 Å². The van der Waals surface area contributed by atoms with Gasteiger partial charge in [-0.25, -0.2) is 0 Å². The Morgan fingerprint density at radius 2 is 1.73 bits per heavy atom. The molecule has 0 spiro atoms. The Morgan fingerprint density at radius 1 is 0.933 bits per heavy atom. The van der Waals surface area contributed by atoms with Gasteiger partial charge in [0.15, 0.2) is 0 Å². The molecule has 0 unspecified atom stereocenters. The molecular formula is C13H10OS. The fourth-order valence-electron chi connectivity index (χ4n) is 1.83. The topological polar surface area (TPSA) is 9.23 Å². The number of fused-ring (bicyclic) bond motifs is 3. The molecule has 1 aromatic heterocycles. The highest BCUT2D eigenvalue weighted by Gasteiger charge is 2.04. The van der Waals surface area contributed by atoms with Gasteiger partial charge < -0.3 is 4.74 Å². The Bertz CT molecular complexity index is 625. The molecule has 0 saturated heterocycles. The number of rotatable bonds is 1. The second-order valence-electron chi connectivity index (χ2n) is 3.46. The normalized spacial score (nSPS) is 11.0. The average molecular weight is 214 g/mol. The van der Waals surface area contributed by atoms with Crippen molar-refractivity contribution in [3.8, 4) is 5.75 Å². The molecule has 0 aliphatic heterocycles. The van der Waals surface area contributed by atoms with Gasteiger partial charge in [0.05, 0.1) is 7.11 Å². The van der Waals surface area contributed by atoms with E-state index in [1.54, 1.807) is 7.11 Å². The van der Waals surface area contributed by atoms with Crippen molar-refractivity contribution in [3.63, 3.8) is 0 Å². The maximum absolute atomic E-state index is 5.25. The highest BCUT2D eigenvalue weighted by atomic mass is 32.1. The van der Waals surface area contributed by atoms with E-state index in [0.717, 1.165) is 5.75 Å². The molecule has 0 amide bonds. The summed E-state index contributed by atoms with van der Waals surface area (Å²) in [4.78, 5) is 0. The molecule has 0 aliphatic carbocycles. The van der Waals surface area contributed by atoms with E-state index in [9.17, 15) is 0 Å². The van der Waals surface area contributed by atoms with Crippen molar-refractivity contribution in [1.29, 1.82) is 0 Å². The van der Waals surface area contributed by atoms with E-state index in [-0.39, 0.29) is 0 Å². The quantitative estimate of drug-likeness (QED) is 0.593. The summed E-state index contributed by atoms with van der Waals surface area (Å²) in [7, 11) is 1.70. The van der Waals surface area contributed by atoms with Gasteiger partial charge in [-0.05, 0) is 24.3 Å². The third-order valence-electron chi connectivity index (χ3n) is 2.58. The Kier molecular flexibility index (Phi) is 1.89. The maximum atomic E-state index is 5.25. The fraction of sp³-hybridized carbons (Fsp3) is 0.0769. The third kappa shape index (κ3) is 1.29. The van der Waals surface area contributed by atoms with Crippen LogP contribution in [0.4, 0.5) is 0 Å². The van der Waals surface area contributed by atoms with E-state index >= 15 is 0 Å². The van der Waals surface area contributed by atoms with Crippen LogP contribution in [0.25, 0.3) is 20.2 Å². The van der Waals surface area contributed by atoms with Crippen LogP contribution < -0.4 is 4.74 Å².